The van der Waals surface area contributed by atoms with Crippen molar-refractivity contribution in [2.45, 2.75) is 34.6 Å². The van der Waals surface area contributed by atoms with E-state index in [0.29, 0.717) is 0 Å². The van der Waals surface area contributed by atoms with Crippen molar-refractivity contribution in [2.24, 2.45) is 15.4 Å². The van der Waals surface area contributed by atoms with Gasteiger partial charge in [-0.3, -0.25) is 0 Å². The molecule has 2 nitrogen and oxygen atoms in total. The standard InChI is InChI=1S/C10H18N2/c1-7-11-9(3)12-8(2)10(4,5)6/h7H,2H2,1,3-6H3/b11-7-,12-9-. The summed E-state index contributed by atoms with van der Waals surface area (Å²) in [5.41, 5.74) is 0.899. The number of amidine groups is 1. The zero-order valence-corrected chi connectivity index (χ0v) is 8.68. The van der Waals surface area contributed by atoms with Crippen LogP contribution in [0.15, 0.2) is 22.3 Å². The molecule has 0 bridgehead atoms. The summed E-state index contributed by atoms with van der Waals surface area (Å²) in [6.45, 7) is 13.9. The number of nitrogens with zero attached hydrogens (tertiary/aromatic N) is 2. The molecule has 0 saturated heterocycles. The Hall–Kier alpha value is -0.920. The van der Waals surface area contributed by atoms with Crippen LogP contribution in [0.4, 0.5) is 0 Å². The van der Waals surface area contributed by atoms with Crippen LogP contribution in [0.1, 0.15) is 34.6 Å². The number of aliphatic imine (C=N–C) groups is 2. The highest BCUT2D eigenvalue weighted by molar-refractivity contribution is 5.87. The molecule has 0 aromatic heterocycles. The van der Waals surface area contributed by atoms with Crippen LogP contribution >= 0.6 is 0 Å². The molecule has 0 aliphatic rings. The predicted molar refractivity (Wildman–Crippen MR) is 55.9 cm³/mol. The van der Waals surface area contributed by atoms with Crippen molar-refractivity contribution in [3.63, 3.8) is 0 Å². The lowest BCUT2D eigenvalue weighted by molar-refractivity contribution is 0.500. The van der Waals surface area contributed by atoms with E-state index in [0.717, 1.165) is 11.5 Å². The number of rotatable bonds is 1. The average Bonchev–Trinajstić information content (AvgIpc) is 1.85. The zero-order chi connectivity index (χ0) is 9.78. The van der Waals surface area contributed by atoms with Crippen LogP contribution in [-0.2, 0) is 0 Å². The minimum atomic E-state index is 0.0323. The number of allylic oxidation sites excluding steroid dienone is 1. The van der Waals surface area contributed by atoms with Crippen LogP contribution in [0.2, 0.25) is 0 Å². The maximum atomic E-state index is 4.26. The van der Waals surface area contributed by atoms with Gasteiger partial charge in [0.2, 0.25) is 0 Å². The van der Waals surface area contributed by atoms with Crippen LogP contribution in [-0.4, -0.2) is 12.1 Å². The van der Waals surface area contributed by atoms with Gasteiger partial charge in [0, 0.05) is 17.3 Å². The van der Waals surface area contributed by atoms with Gasteiger partial charge in [0.25, 0.3) is 0 Å². The zero-order valence-electron chi connectivity index (χ0n) is 8.68. The van der Waals surface area contributed by atoms with Gasteiger partial charge >= 0.3 is 0 Å². The van der Waals surface area contributed by atoms with E-state index < -0.39 is 0 Å². The minimum absolute atomic E-state index is 0.0323. The van der Waals surface area contributed by atoms with Gasteiger partial charge in [-0.2, -0.15) is 0 Å². The summed E-state index contributed by atoms with van der Waals surface area (Å²) in [4.78, 5) is 8.30. The molecule has 0 fully saturated rings. The lowest BCUT2D eigenvalue weighted by Gasteiger charge is -2.17. The molecule has 0 aliphatic carbocycles. The molecule has 0 saturated carbocycles. The maximum Gasteiger partial charge on any atom is 0.125 e. The van der Waals surface area contributed by atoms with Gasteiger partial charge in [-0.15, -0.1) is 0 Å². The SMILES string of the molecule is C=C(/N=C(C)\N=C/C)C(C)(C)C. The lowest BCUT2D eigenvalue weighted by Crippen LogP contribution is -2.07. The van der Waals surface area contributed by atoms with E-state index in [1.165, 1.54) is 0 Å². The van der Waals surface area contributed by atoms with Crippen molar-refractivity contribution in [2.75, 3.05) is 0 Å². The molecule has 0 rings (SSSR count). The second kappa shape index (κ2) is 4.19. The maximum absolute atomic E-state index is 4.26. The fourth-order valence-corrected chi connectivity index (χ4v) is 0.579. The molecular formula is C10H18N2. The molecule has 0 spiro atoms. The van der Waals surface area contributed by atoms with Crippen LogP contribution < -0.4 is 0 Å². The third kappa shape index (κ3) is 4.06. The van der Waals surface area contributed by atoms with E-state index in [-0.39, 0.29) is 5.41 Å². The third-order valence-corrected chi connectivity index (χ3v) is 1.48. The first-order valence-electron chi connectivity index (χ1n) is 4.11. The van der Waals surface area contributed by atoms with Crippen molar-refractivity contribution in [3.8, 4) is 0 Å². The minimum Gasteiger partial charge on any atom is -0.246 e. The van der Waals surface area contributed by atoms with Crippen LogP contribution in [0.5, 0.6) is 0 Å². The summed E-state index contributed by atoms with van der Waals surface area (Å²) in [7, 11) is 0. The highest BCUT2D eigenvalue weighted by Crippen LogP contribution is 2.24. The van der Waals surface area contributed by atoms with Gasteiger partial charge < -0.3 is 0 Å². The van der Waals surface area contributed by atoms with Gasteiger partial charge in [0.15, 0.2) is 0 Å². The van der Waals surface area contributed by atoms with Gasteiger partial charge in [-0.05, 0) is 13.8 Å². The van der Waals surface area contributed by atoms with E-state index in [1.807, 2.05) is 13.8 Å². The van der Waals surface area contributed by atoms with Gasteiger partial charge in [-0.25, -0.2) is 9.98 Å². The Morgan fingerprint density at radius 1 is 1.33 bits per heavy atom. The summed E-state index contributed by atoms with van der Waals surface area (Å²) in [6, 6.07) is 0. The third-order valence-electron chi connectivity index (χ3n) is 1.48. The van der Waals surface area contributed by atoms with Crippen LogP contribution in [0.3, 0.4) is 0 Å². The van der Waals surface area contributed by atoms with E-state index in [2.05, 4.69) is 37.3 Å². The number of hydrogen-bond donors (Lipinski definition) is 0. The summed E-state index contributed by atoms with van der Waals surface area (Å²) < 4.78 is 0. The molecule has 0 atom stereocenters. The Bertz CT molecular complexity index is 216. The lowest BCUT2D eigenvalue weighted by atomic mass is 9.93. The molecule has 0 unspecified atom stereocenters. The highest BCUT2D eigenvalue weighted by atomic mass is 14.9. The second-order valence-corrected chi connectivity index (χ2v) is 3.74. The number of hydrogen-bond acceptors (Lipinski definition) is 1. The molecule has 0 heterocycles. The van der Waals surface area contributed by atoms with Crippen molar-refractivity contribution in [3.05, 3.63) is 12.3 Å². The van der Waals surface area contributed by atoms with Crippen LogP contribution in [0, 0.1) is 5.41 Å². The van der Waals surface area contributed by atoms with Gasteiger partial charge in [0.1, 0.15) is 5.84 Å². The van der Waals surface area contributed by atoms with Gasteiger partial charge in [0.05, 0.1) is 0 Å². The van der Waals surface area contributed by atoms with Crippen molar-refractivity contribution < 1.29 is 0 Å². The van der Waals surface area contributed by atoms with E-state index >= 15 is 0 Å². The Morgan fingerprint density at radius 3 is 2.17 bits per heavy atom. The van der Waals surface area contributed by atoms with E-state index in [9.17, 15) is 0 Å². The van der Waals surface area contributed by atoms with E-state index in [1.54, 1.807) is 6.21 Å². The first-order chi connectivity index (χ1) is 5.38. The Kier molecular flexibility index (Phi) is 3.87. The molecule has 0 amide bonds. The summed E-state index contributed by atoms with van der Waals surface area (Å²) >= 11 is 0. The largest absolute Gasteiger partial charge is 0.246 e. The molecule has 12 heavy (non-hydrogen) atoms. The molecule has 0 aromatic rings. The summed E-state index contributed by atoms with van der Waals surface area (Å²) in [6.07, 6.45) is 1.73. The molecule has 0 radical (unpaired) electrons. The van der Waals surface area contributed by atoms with E-state index in [4.69, 9.17) is 0 Å². The smallest absolute Gasteiger partial charge is 0.125 e. The highest BCUT2D eigenvalue weighted by Gasteiger charge is 2.13. The topological polar surface area (TPSA) is 24.7 Å². The molecular weight excluding hydrogens is 148 g/mol. The predicted octanol–water partition coefficient (Wildman–Crippen LogP) is 3.06. The molecule has 68 valence electrons. The Balaban J connectivity index is 4.45. The normalized spacial score (nSPS) is 13.9. The van der Waals surface area contributed by atoms with Crippen molar-refractivity contribution >= 4 is 12.1 Å². The fraction of sp³-hybridized carbons (Fsp3) is 0.600. The van der Waals surface area contributed by atoms with Crippen LogP contribution in [0.25, 0.3) is 0 Å². The molecule has 0 N–H and O–H groups in total. The first-order valence-corrected chi connectivity index (χ1v) is 4.11. The first kappa shape index (κ1) is 11.1. The fourth-order valence-electron chi connectivity index (χ4n) is 0.579. The Labute approximate surface area is 75.1 Å². The monoisotopic (exact) mass is 166 g/mol. The van der Waals surface area contributed by atoms with Gasteiger partial charge in [-0.1, -0.05) is 27.4 Å². The van der Waals surface area contributed by atoms with Crippen molar-refractivity contribution in [1.29, 1.82) is 0 Å². The molecule has 2 heteroatoms. The molecule has 0 aliphatic heterocycles. The van der Waals surface area contributed by atoms with Crippen molar-refractivity contribution in [1.82, 2.24) is 0 Å². The quantitative estimate of drug-likeness (QED) is 0.422. The second-order valence-electron chi connectivity index (χ2n) is 3.74. The Morgan fingerprint density at radius 2 is 1.83 bits per heavy atom. The average molecular weight is 166 g/mol. The summed E-state index contributed by atoms with van der Waals surface area (Å²) in [5.74, 6) is 0.762. The molecule has 0 aromatic carbocycles. The summed E-state index contributed by atoms with van der Waals surface area (Å²) in [5, 5.41) is 0.